The summed E-state index contributed by atoms with van der Waals surface area (Å²) in [6.07, 6.45) is 0.788. The minimum atomic E-state index is -0.468. The van der Waals surface area contributed by atoms with Gasteiger partial charge in [0.25, 0.3) is 0 Å². The monoisotopic (exact) mass is 268 g/mol. The van der Waals surface area contributed by atoms with Gasteiger partial charge in [-0.3, -0.25) is 0 Å². The number of carbonyl (C=O) groups is 1. The molecule has 1 fully saturated rings. The van der Waals surface area contributed by atoms with Gasteiger partial charge in [-0.1, -0.05) is 0 Å². The van der Waals surface area contributed by atoms with Crippen molar-refractivity contribution in [2.24, 2.45) is 5.92 Å². The molecule has 19 heavy (non-hydrogen) atoms. The Morgan fingerprint density at radius 3 is 3.00 bits per heavy atom. The van der Waals surface area contributed by atoms with Crippen molar-refractivity contribution in [1.82, 2.24) is 4.90 Å². The minimum absolute atomic E-state index is 0.0809. The molecule has 1 aromatic carbocycles. The van der Waals surface area contributed by atoms with E-state index in [4.69, 9.17) is 9.84 Å². The molecule has 6 heteroatoms. The van der Waals surface area contributed by atoms with Crippen molar-refractivity contribution in [3.63, 3.8) is 0 Å². The summed E-state index contributed by atoms with van der Waals surface area (Å²) in [5, 5.41) is 11.7. The van der Waals surface area contributed by atoms with Gasteiger partial charge in [0.1, 0.15) is 11.6 Å². The number of carbonyl (C=O) groups excluding carboxylic acids is 1. The number of aliphatic hydroxyl groups is 1. The first-order valence-corrected chi connectivity index (χ1v) is 6.13. The Kier molecular flexibility index (Phi) is 4.21. The second-order valence-corrected chi connectivity index (χ2v) is 4.59. The number of ether oxygens (including phenoxy) is 1. The quantitative estimate of drug-likeness (QED) is 0.876. The highest BCUT2D eigenvalue weighted by atomic mass is 19.1. The Hall–Kier alpha value is -1.82. The van der Waals surface area contributed by atoms with E-state index in [9.17, 15) is 9.18 Å². The van der Waals surface area contributed by atoms with Crippen LogP contribution in [0.3, 0.4) is 0 Å². The molecule has 1 unspecified atom stereocenters. The fourth-order valence-electron chi connectivity index (χ4n) is 2.12. The highest BCUT2D eigenvalue weighted by molar-refractivity contribution is 5.89. The summed E-state index contributed by atoms with van der Waals surface area (Å²) >= 11 is 0. The Bertz CT molecular complexity index is 467. The molecule has 5 nitrogen and oxygen atoms in total. The van der Waals surface area contributed by atoms with Crippen LogP contribution in [0.2, 0.25) is 0 Å². The average molecular weight is 268 g/mol. The van der Waals surface area contributed by atoms with Crippen LogP contribution >= 0.6 is 0 Å². The summed E-state index contributed by atoms with van der Waals surface area (Å²) in [7, 11) is 1.44. The van der Waals surface area contributed by atoms with Gasteiger partial charge in [-0.25, -0.2) is 9.18 Å². The summed E-state index contributed by atoms with van der Waals surface area (Å²) in [6, 6.07) is 3.75. The molecule has 1 aliphatic rings. The maximum absolute atomic E-state index is 13.3. The third-order valence-corrected chi connectivity index (χ3v) is 3.19. The number of aliphatic hydroxyl groups excluding tert-OH is 1. The number of amides is 2. The number of hydrogen-bond donors (Lipinski definition) is 2. The first-order valence-electron chi connectivity index (χ1n) is 6.13. The number of rotatable bonds is 3. The fraction of sp³-hybridized carbons (Fsp3) is 0.462. The van der Waals surface area contributed by atoms with Crippen LogP contribution in [0.4, 0.5) is 14.9 Å². The van der Waals surface area contributed by atoms with Gasteiger partial charge < -0.3 is 20.1 Å². The van der Waals surface area contributed by atoms with Crippen molar-refractivity contribution in [3.05, 3.63) is 24.0 Å². The van der Waals surface area contributed by atoms with Gasteiger partial charge >= 0.3 is 6.03 Å². The summed E-state index contributed by atoms with van der Waals surface area (Å²) in [6.45, 7) is 1.20. The number of urea groups is 1. The Morgan fingerprint density at radius 2 is 2.37 bits per heavy atom. The summed E-state index contributed by atoms with van der Waals surface area (Å²) in [5.74, 6) is 0.0158. The van der Waals surface area contributed by atoms with Gasteiger partial charge in [0.15, 0.2) is 0 Å². The van der Waals surface area contributed by atoms with Crippen molar-refractivity contribution in [2.45, 2.75) is 6.42 Å². The molecule has 0 bridgehead atoms. The molecule has 104 valence electrons. The SMILES string of the molecule is COc1cc(F)cc(NC(=O)N2CCC(CO)C2)c1. The molecule has 0 saturated carbocycles. The molecular weight excluding hydrogens is 251 g/mol. The van der Waals surface area contributed by atoms with Crippen LogP contribution in [0, 0.1) is 11.7 Å². The maximum atomic E-state index is 13.3. The van der Waals surface area contributed by atoms with Crippen molar-refractivity contribution >= 4 is 11.7 Å². The lowest BCUT2D eigenvalue weighted by atomic mass is 10.1. The summed E-state index contributed by atoms with van der Waals surface area (Å²) in [4.78, 5) is 13.6. The Balaban J connectivity index is 2.01. The third kappa shape index (κ3) is 3.35. The van der Waals surface area contributed by atoms with E-state index in [2.05, 4.69) is 5.32 Å². The summed E-state index contributed by atoms with van der Waals surface area (Å²) in [5.41, 5.74) is 0.356. The van der Waals surface area contributed by atoms with Gasteiger partial charge in [-0.2, -0.15) is 0 Å². The lowest BCUT2D eigenvalue weighted by molar-refractivity contribution is 0.209. The smallest absolute Gasteiger partial charge is 0.321 e. The van der Waals surface area contributed by atoms with Gasteiger partial charge in [-0.15, -0.1) is 0 Å². The predicted molar refractivity (Wildman–Crippen MR) is 68.7 cm³/mol. The molecule has 2 amide bonds. The van der Waals surface area contributed by atoms with Crippen LogP contribution in [0.1, 0.15) is 6.42 Å². The Morgan fingerprint density at radius 1 is 1.58 bits per heavy atom. The number of anilines is 1. The van der Waals surface area contributed by atoms with E-state index in [-0.39, 0.29) is 18.6 Å². The van der Waals surface area contributed by atoms with Crippen molar-refractivity contribution in [3.8, 4) is 5.75 Å². The normalized spacial score (nSPS) is 18.5. The van der Waals surface area contributed by atoms with Crippen LogP contribution in [-0.2, 0) is 0 Å². The molecule has 2 rings (SSSR count). The molecule has 1 heterocycles. The van der Waals surface area contributed by atoms with Crippen LogP contribution < -0.4 is 10.1 Å². The lowest BCUT2D eigenvalue weighted by Gasteiger charge is -2.17. The van der Waals surface area contributed by atoms with Gasteiger partial charge in [0, 0.05) is 43.4 Å². The number of benzene rings is 1. The number of hydrogen-bond acceptors (Lipinski definition) is 3. The summed E-state index contributed by atoms with van der Waals surface area (Å²) < 4.78 is 18.2. The van der Waals surface area contributed by atoms with E-state index < -0.39 is 5.82 Å². The fourth-order valence-corrected chi connectivity index (χ4v) is 2.12. The third-order valence-electron chi connectivity index (χ3n) is 3.19. The van der Waals surface area contributed by atoms with Gasteiger partial charge in [0.05, 0.1) is 7.11 Å². The number of halogens is 1. The van der Waals surface area contributed by atoms with Crippen molar-refractivity contribution in [2.75, 3.05) is 32.1 Å². The van der Waals surface area contributed by atoms with Crippen LogP contribution in [0.25, 0.3) is 0 Å². The van der Waals surface area contributed by atoms with Gasteiger partial charge in [-0.05, 0) is 12.5 Å². The second kappa shape index (κ2) is 5.88. The standard InChI is InChI=1S/C13H17FN2O3/c1-19-12-5-10(14)4-11(6-12)15-13(18)16-3-2-9(7-16)8-17/h4-6,9,17H,2-3,7-8H2,1H3,(H,15,18). The van der Waals surface area contributed by atoms with E-state index in [0.717, 1.165) is 6.42 Å². The zero-order valence-corrected chi connectivity index (χ0v) is 10.7. The number of nitrogens with one attached hydrogen (secondary N) is 1. The molecule has 0 aliphatic carbocycles. The minimum Gasteiger partial charge on any atom is -0.497 e. The topological polar surface area (TPSA) is 61.8 Å². The van der Waals surface area contributed by atoms with Crippen molar-refractivity contribution in [1.29, 1.82) is 0 Å². The molecule has 1 aliphatic heterocycles. The molecule has 1 atom stereocenters. The number of nitrogens with zero attached hydrogens (tertiary/aromatic N) is 1. The highest BCUT2D eigenvalue weighted by Gasteiger charge is 2.25. The van der Waals surface area contributed by atoms with Crippen molar-refractivity contribution < 1.29 is 19.0 Å². The van der Waals surface area contributed by atoms with E-state index in [1.165, 1.54) is 19.2 Å². The molecule has 0 aromatic heterocycles. The van der Waals surface area contributed by atoms with E-state index in [1.54, 1.807) is 11.0 Å². The zero-order chi connectivity index (χ0) is 13.8. The highest BCUT2D eigenvalue weighted by Crippen LogP contribution is 2.21. The molecule has 2 N–H and O–H groups in total. The largest absolute Gasteiger partial charge is 0.497 e. The first kappa shape index (κ1) is 13.6. The number of methoxy groups -OCH3 is 1. The molecule has 0 spiro atoms. The average Bonchev–Trinajstić information content (AvgIpc) is 2.86. The van der Waals surface area contributed by atoms with Crippen LogP contribution in [-0.4, -0.2) is 42.8 Å². The Labute approximate surface area is 111 Å². The van der Waals surface area contributed by atoms with Gasteiger partial charge in [0.2, 0.25) is 0 Å². The van der Waals surface area contributed by atoms with E-state index in [1.807, 2.05) is 0 Å². The van der Waals surface area contributed by atoms with E-state index in [0.29, 0.717) is 24.5 Å². The second-order valence-electron chi connectivity index (χ2n) is 4.59. The number of likely N-dealkylation sites (tertiary alicyclic amines) is 1. The predicted octanol–water partition coefficient (Wildman–Crippen LogP) is 1.68. The molecule has 1 saturated heterocycles. The zero-order valence-electron chi connectivity index (χ0n) is 10.7. The van der Waals surface area contributed by atoms with Crippen LogP contribution in [0.15, 0.2) is 18.2 Å². The molecular formula is C13H17FN2O3. The lowest BCUT2D eigenvalue weighted by Crippen LogP contribution is -2.33. The maximum Gasteiger partial charge on any atom is 0.321 e. The van der Waals surface area contributed by atoms with Crippen LogP contribution in [0.5, 0.6) is 5.75 Å². The van der Waals surface area contributed by atoms with E-state index >= 15 is 0 Å². The molecule has 0 radical (unpaired) electrons. The first-order chi connectivity index (χ1) is 9.12. The molecule has 1 aromatic rings.